The van der Waals surface area contributed by atoms with E-state index in [0.717, 1.165) is 10.8 Å². The van der Waals surface area contributed by atoms with Crippen molar-refractivity contribution in [2.24, 2.45) is 0 Å². The van der Waals surface area contributed by atoms with Gasteiger partial charge in [-0.05, 0) is 26.0 Å². The Morgan fingerprint density at radius 1 is 1.50 bits per heavy atom. The van der Waals surface area contributed by atoms with Gasteiger partial charge in [-0.3, -0.25) is 0 Å². The predicted molar refractivity (Wildman–Crippen MR) is 69.9 cm³/mol. The molecule has 0 aliphatic carbocycles. The second kappa shape index (κ2) is 6.12. The van der Waals surface area contributed by atoms with Crippen molar-refractivity contribution >= 4 is 15.8 Å². The van der Waals surface area contributed by atoms with E-state index >= 15 is 0 Å². The molecule has 0 aliphatic heterocycles. The maximum absolute atomic E-state index is 12.2. The van der Waals surface area contributed by atoms with E-state index in [1.54, 1.807) is 13.0 Å². The Morgan fingerprint density at radius 2 is 2.17 bits per heavy atom. The van der Waals surface area contributed by atoms with E-state index in [1.807, 2.05) is 6.92 Å². The molecule has 18 heavy (non-hydrogen) atoms. The molecule has 0 bridgehead atoms. The molecular formula is C11H19N3O3S. The molecule has 1 rings (SSSR count). The van der Waals surface area contributed by atoms with Crippen molar-refractivity contribution < 1.29 is 13.5 Å². The molecular weight excluding hydrogens is 254 g/mol. The molecule has 102 valence electrons. The quantitative estimate of drug-likeness (QED) is 0.789. The van der Waals surface area contributed by atoms with Gasteiger partial charge in [0.2, 0.25) is 10.0 Å². The van der Waals surface area contributed by atoms with E-state index in [-0.39, 0.29) is 11.5 Å². The van der Waals surface area contributed by atoms with Gasteiger partial charge in [0, 0.05) is 25.8 Å². The van der Waals surface area contributed by atoms with Gasteiger partial charge in [-0.15, -0.1) is 0 Å². The minimum Gasteiger partial charge on any atom is -0.395 e. The van der Waals surface area contributed by atoms with Crippen molar-refractivity contribution in [1.82, 2.24) is 9.29 Å². The predicted octanol–water partition coefficient (Wildman–Crippen LogP) is 0.515. The van der Waals surface area contributed by atoms with Crippen LogP contribution in [0.2, 0.25) is 0 Å². The monoisotopic (exact) mass is 273 g/mol. The second-order valence-corrected chi connectivity index (χ2v) is 5.96. The number of nitrogens with one attached hydrogen (secondary N) is 1. The molecule has 2 N–H and O–H groups in total. The van der Waals surface area contributed by atoms with Crippen LogP contribution in [-0.4, -0.2) is 49.1 Å². The van der Waals surface area contributed by atoms with E-state index in [0.29, 0.717) is 5.82 Å². The lowest BCUT2D eigenvalue weighted by molar-refractivity contribution is 0.214. The molecule has 1 aromatic rings. The summed E-state index contributed by atoms with van der Waals surface area (Å²) in [5.74, 6) is 0.634. The number of aromatic nitrogens is 1. The van der Waals surface area contributed by atoms with Crippen molar-refractivity contribution in [3.05, 3.63) is 18.3 Å². The van der Waals surface area contributed by atoms with Crippen LogP contribution in [-0.2, 0) is 10.0 Å². The average Bonchev–Trinajstić information content (AvgIpc) is 2.38. The summed E-state index contributed by atoms with van der Waals surface area (Å²) in [6.45, 7) is 4.07. The molecule has 0 fully saturated rings. The van der Waals surface area contributed by atoms with Crippen LogP contribution in [0.4, 0.5) is 5.82 Å². The zero-order valence-corrected chi connectivity index (χ0v) is 11.6. The summed E-state index contributed by atoms with van der Waals surface area (Å²) in [5, 5.41) is 12.0. The van der Waals surface area contributed by atoms with Gasteiger partial charge in [0.15, 0.2) is 0 Å². The number of aliphatic hydroxyl groups is 1. The summed E-state index contributed by atoms with van der Waals surface area (Å²) in [5.41, 5.74) is 0. The molecule has 1 unspecified atom stereocenters. The fourth-order valence-electron chi connectivity index (χ4n) is 1.34. The maximum atomic E-state index is 12.2. The SMILES string of the molecule is CCNc1ccc(S(=O)(=O)N(C)C(C)CO)cn1. The Kier molecular flexibility index (Phi) is 5.06. The number of hydrogen-bond donors (Lipinski definition) is 2. The number of aliphatic hydroxyl groups excluding tert-OH is 1. The standard InChI is InChI=1S/C11H19N3O3S/c1-4-12-11-6-5-10(7-13-11)18(16,17)14(3)9(2)8-15/h5-7,9,15H,4,8H2,1-3H3,(H,12,13). The lowest BCUT2D eigenvalue weighted by Crippen LogP contribution is -2.37. The Hall–Kier alpha value is -1.18. The highest BCUT2D eigenvalue weighted by atomic mass is 32.2. The molecule has 0 saturated heterocycles. The number of pyridine rings is 1. The Labute approximate surface area is 108 Å². The largest absolute Gasteiger partial charge is 0.395 e. The van der Waals surface area contributed by atoms with E-state index in [1.165, 1.54) is 19.3 Å². The van der Waals surface area contributed by atoms with Gasteiger partial charge in [0.05, 0.1) is 6.61 Å². The molecule has 1 heterocycles. The van der Waals surface area contributed by atoms with Crippen LogP contribution in [0.3, 0.4) is 0 Å². The molecule has 0 spiro atoms. The number of anilines is 1. The molecule has 0 saturated carbocycles. The first-order valence-corrected chi connectivity index (χ1v) is 7.16. The second-order valence-electron chi connectivity index (χ2n) is 3.96. The summed E-state index contributed by atoms with van der Waals surface area (Å²) >= 11 is 0. The van der Waals surface area contributed by atoms with Crippen LogP contribution < -0.4 is 5.32 Å². The fraction of sp³-hybridized carbons (Fsp3) is 0.545. The molecule has 7 heteroatoms. The average molecular weight is 273 g/mol. The van der Waals surface area contributed by atoms with Crippen molar-refractivity contribution in [3.8, 4) is 0 Å². The van der Waals surface area contributed by atoms with Crippen LogP contribution in [0, 0.1) is 0 Å². The summed E-state index contributed by atoms with van der Waals surface area (Å²) in [7, 11) is -2.16. The van der Waals surface area contributed by atoms with Crippen LogP contribution >= 0.6 is 0 Å². The third-order valence-electron chi connectivity index (χ3n) is 2.66. The molecule has 0 radical (unpaired) electrons. The van der Waals surface area contributed by atoms with Gasteiger partial charge in [0.1, 0.15) is 10.7 Å². The van der Waals surface area contributed by atoms with Gasteiger partial charge in [0.25, 0.3) is 0 Å². The fourth-order valence-corrected chi connectivity index (χ4v) is 2.64. The molecule has 1 atom stereocenters. The van der Waals surface area contributed by atoms with E-state index in [2.05, 4.69) is 10.3 Å². The highest BCUT2D eigenvalue weighted by Gasteiger charge is 2.25. The summed E-state index contributed by atoms with van der Waals surface area (Å²) in [6.07, 6.45) is 1.31. The van der Waals surface area contributed by atoms with Gasteiger partial charge in [-0.1, -0.05) is 0 Å². The van der Waals surface area contributed by atoms with E-state index in [9.17, 15) is 8.42 Å². The summed E-state index contributed by atoms with van der Waals surface area (Å²) in [4.78, 5) is 4.14. The first-order valence-electron chi connectivity index (χ1n) is 5.72. The number of likely N-dealkylation sites (N-methyl/N-ethyl adjacent to an activating group) is 1. The molecule has 0 aromatic carbocycles. The number of nitrogens with zero attached hydrogens (tertiary/aromatic N) is 2. The van der Waals surface area contributed by atoms with Crippen molar-refractivity contribution in [2.45, 2.75) is 24.8 Å². The zero-order chi connectivity index (χ0) is 13.8. The lowest BCUT2D eigenvalue weighted by atomic mass is 10.4. The zero-order valence-electron chi connectivity index (χ0n) is 10.8. The van der Waals surface area contributed by atoms with Gasteiger partial charge < -0.3 is 10.4 Å². The Bertz CT molecular complexity index is 473. The highest BCUT2D eigenvalue weighted by Crippen LogP contribution is 2.16. The van der Waals surface area contributed by atoms with E-state index < -0.39 is 16.1 Å². The van der Waals surface area contributed by atoms with Crippen LogP contribution in [0.5, 0.6) is 0 Å². The van der Waals surface area contributed by atoms with Gasteiger partial charge in [-0.2, -0.15) is 4.31 Å². The molecule has 6 nitrogen and oxygen atoms in total. The van der Waals surface area contributed by atoms with Crippen molar-refractivity contribution in [1.29, 1.82) is 0 Å². The number of hydrogen-bond acceptors (Lipinski definition) is 5. The van der Waals surface area contributed by atoms with Gasteiger partial charge in [-0.25, -0.2) is 13.4 Å². The normalized spacial score (nSPS) is 13.6. The minimum absolute atomic E-state index is 0.118. The number of sulfonamides is 1. The van der Waals surface area contributed by atoms with Crippen LogP contribution in [0.1, 0.15) is 13.8 Å². The van der Waals surface area contributed by atoms with E-state index in [4.69, 9.17) is 5.11 Å². The smallest absolute Gasteiger partial charge is 0.244 e. The molecule has 0 amide bonds. The lowest BCUT2D eigenvalue weighted by Gasteiger charge is -2.22. The third-order valence-corrected chi connectivity index (χ3v) is 4.61. The Balaban J connectivity index is 2.98. The van der Waals surface area contributed by atoms with Crippen LogP contribution in [0.25, 0.3) is 0 Å². The third kappa shape index (κ3) is 3.18. The Morgan fingerprint density at radius 3 is 2.61 bits per heavy atom. The summed E-state index contributed by atoms with van der Waals surface area (Å²) in [6, 6.07) is 2.65. The topological polar surface area (TPSA) is 82.5 Å². The highest BCUT2D eigenvalue weighted by molar-refractivity contribution is 7.89. The number of rotatable bonds is 6. The minimum atomic E-state index is -3.60. The van der Waals surface area contributed by atoms with Crippen molar-refractivity contribution in [3.63, 3.8) is 0 Å². The van der Waals surface area contributed by atoms with Crippen molar-refractivity contribution in [2.75, 3.05) is 25.5 Å². The maximum Gasteiger partial charge on any atom is 0.244 e. The van der Waals surface area contributed by atoms with Crippen LogP contribution in [0.15, 0.2) is 23.2 Å². The summed E-state index contributed by atoms with van der Waals surface area (Å²) < 4.78 is 25.4. The molecule has 1 aromatic heterocycles. The first kappa shape index (κ1) is 14.9. The molecule has 0 aliphatic rings. The first-order chi connectivity index (χ1) is 8.43. The van der Waals surface area contributed by atoms with Gasteiger partial charge >= 0.3 is 0 Å².